The highest BCUT2D eigenvalue weighted by atomic mass is 19.1. The Labute approximate surface area is 80.9 Å². The molecule has 0 saturated heterocycles. The number of nitrogens with two attached hydrogens (primary N) is 1. The van der Waals surface area contributed by atoms with Crippen molar-refractivity contribution in [2.24, 2.45) is 0 Å². The predicted octanol–water partition coefficient (Wildman–Crippen LogP) is -0.150. The fourth-order valence-corrected chi connectivity index (χ4v) is 1.30. The molecule has 0 radical (unpaired) electrons. The number of nitrogen functional groups attached to an aromatic ring is 1. The number of nitrogens with zero attached hydrogens (tertiary/aromatic N) is 1. The van der Waals surface area contributed by atoms with Gasteiger partial charge in [0, 0.05) is 6.20 Å². The first-order chi connectivity index (χ1) is 6.57. The van der Waals surface area contributed by atoms with Crippen LogP contribution in [-0.4, -0.2) is 4.68 Å². The van der Waals surface area contributed by atoms with Crippen LogP contribution in [0.15, 0.2) is 17.1 Å². The minimum Gasteiger partial charge on any atom is -0.336 e. The van der Waals surface area contributed by atoms with Crippen LogP contribution in [-0.2, 0) is 0 Å². The first kappa shape index (κ1) is 10.5. The van der Waals surface area contributed by atoms with Gasteiger partial charge >= 0.3 is 0 Å². The fourth-order valence-electron chi connectivity index (χ4n) is 1.30. The monoisotopic (exact) mass is 196 g/mol. The molecular weight excluding hydrogens is 183 g/mol. The van der Waals surface area contributed by atoms with E-state index in [2.05, 4.69) is 0 Å². The van der Waals surface area contributed by atoms with Gasteiger partial charge in [-0.1, -0.05) is 13.0 Å². The van der Waals surface area contributed by atoms with Crippen LogP contribution in [0.25, 0.3) is 11.9 Å². The van der Waals surface area contributed by atoms with Crippen molar-refractivity contribution in [1.82, 2.24) is 4.68 Å². The summed E-state index contributed by atoms with van der Waals surface area (Å²) in [6.45, 7) is 3.18. The Morgan fingerprint density at radius 2 is 2.36 bits per heavy atom. The Hall–Kier alpha value is -1.58. The summed E-state index contributed by atoms with van der Waals surface area (Å²) < 4.78 is 14.0. The molecule has 1 rings (SSSR count). The quantitative estimate of drug-likeness (QED) is 0.635. The molecule has 0 aliphatic heterocycles. The summed E-state index contributed by atoms with van der Waals surface area (Å²) in [7, 11) is 0. The average molecular weight is 196 g/mol. The summed E-state index contributed by atoms with van der Waals surface area (Å²) in [5.41, 5.74) is -0.507. The van der Waals surface area contributed by atoms with Crippen molar-refractivity contribution < 1.29 is 4.39 Å². The third-order valence-corrected chi connectivity index (χ3v) is 1.92. The number of rotatable bonds is 1. The second-order valence-corrected chi connectivity index (χ2v) is 3.00. The Balaban J connectivity index is 3.84. The lowest BCUT2D eigenvalue weighted by Crippen LogP contribution is -2.47. The minimum absolute atomic E-state index is 0.0526. The van der Waals surface area contributed by atoms with Crippen molar-refractivity contribution in [3.8, 4) is 0 Å². The molecule has 14 heavy (non-hydrogen) atoms. The summed E-state index contributed by atoms with van der Waals surface area (Å²) in [5.74, 6) is 4.83. The molecule has 3 nitrogen and oxygen atoms in total. The highest BCUT2D eigenvalue weighted by Gasteiger charge is 1.99. The zero-order valence-electron chi connectivity index (χ0n) is 8.25. The van der Waals surface area contributed by atoms with Gasteiger partial charge in [-0.25, -0.2) is 9.07 Å². The van der Waals surface area contributed by atoms with Gasteiger partial charge in [0.2, 0.25) is 0 Å². The van der Waals surface area contributed by atoms with Gasteiger partial charge in [-0.3, -0.25) is 4.79 Å². The molecule has 0 aromatic carbocycles. The van der Waals surface area contributed by atoms with Crippen LogP contribution < -0.4 is 21.8 Å². The van der Waals surface area contributed by atoms with Gasteiger partial charge in [0.15, 0.2) is 0 Å². The van der Waals surface area contributed by atoms with E-state index in [0.717, 1.165) is 11.1 Å². The van der Waals surface area contributed by atoms with Crippen LogP contribution in [0.3, 0.4) is 0 Å². The number of hydrogen-bond donors (Lipinski definition) is 1. The van der Waals surface area contributed by atoms with E-state index in [1.54, 1.807) is 12.1 Å². The van der Waals surface area contributed by atoms with Gasteiger partial charge in [0.25, 0.3) is 5.56 Å². The summed E-state index contributed by atoms with van der Waals surface area (Å²) in [6, 6.07) is 1.63. The summed E-state index contributed by atoms with van der Waals surface area (Å²) in [5, 5.41) is 0.649. The number of hydrogen-bond acceptors (Lipinski definition) is 2. The molecule has 1 aromatic rings. The van der Waals surface area contributed by atoms with E-state index in [4.69, 9.17) is 5.84 Å². The van der Waals surface area contributed by atoms with Gasteiger partial charge < -0.3 is 5.84 Å². The van der Waals surface area contributed by atoms with Crippen LogP contribution in [0.4, 0.5) is 4.39 Å². The number of halogens is 1. The average Bonchev–Trinajstić information content (AvgIpc) is 2.11. The summed E-state index contributed by atoms with van der Waals surface area (Å²) in [4.78, 5) is 11.5. The van der Waals surface area contributed by atoms with Gasteiger partial charge in [0.1, 0.15) is 5.83 Å². The Bertz CT molecular complexity index is 498. The molecule has 2 N–H and O–H groups in total. The van der Waals surface area contributed by atoms with Crippen molar-refractivity contribution >= 4 is 11.9 Å². The minimum atomic E-state index is -0.507. The van der Waals surface area contributed by atoms with Crippen LogP contribution in [0.1, 0.15) is 20.3 Å². The lowest BCUT2D eigenvalue weighted by Gasteiger charge is -1.97. The molecule has 76 valence electrons. The molecule has 1 heterocycles. The molecule has 0 saturated carbocycles. The molecule has 0 spiro atoms. The van der Waals surface area contributed by atoms with E-state index >= 15 is 0 Å². The standard InChI is InChI=1S/C10H13FN2O/c1-3-4-8-5-6-13(12)10(14)9(8)7(2)11/h4-6H,3,12H2,1-2H3/b8-4-,9-7-. The van der Waals surface area contributed by atoms with Gasteiger partial charge in [-0.15, -0.1) is 0 Å². The summed E-state index contributed by atoms with van der Waals surface area (Å²) >= 11 is 0. The number of pyridine rings is 1. The topological polar surface area (TPSA) is 48.0 Å². The van der Waals surface area contributed by atoms with Gasteiger partial charge in [0.05, 0.1) is 5.22 Å². The molecule has 0 bridgehead atoms. The van der Waals surface area contributed by atoms with Crippen molar-refractivity contribution in [2.45, 2.75) is 20.3 Å². The molecule has 0 atom stereocenters. The third-order valence-electron chi connectivity index (χ3n) is 1.92. The van der Waals surface area contributed by atoms with Crippen molar-refractivity contribution in [3.05, 3.63) is 33.1 Å². The SMILES string of the molecule is CC/C=c1/ccn(N)c(=O)/c1=C(/C)F. The normalized spacial score (nSPS) is 14.4. The van der Waals surface area contributed by atoms with Gasteiger partial charge in [-0.05, 0) is 24.6 Å². The fraction of sp³-hybridized carbons (Fsp3) is 0.300. The van der Waals surface area contributed by atoms with Crippen LogP contribution >= 0.6 is 0 Å². The van der Waals surface area contributed by atoms with Crippen LogP contribution in [0, 0.1) is 0 Å². The maximum atomic E-state index is 13.1. The number of aromatic nitrogens is 1. The molecule has 4 heteroatoms. The zero-order chi connectivity index (χ0) is 10.7. The second-order valence-electron chi connectivity index (χ2n) is 3.00. The Morgan fingerprint density at radius 1 is 1.71 bits per heavy atom. The van der Waals surface area contributed by atoms with Crippen LogP contribution in [0.2, 0.25) is 0 Å². The van der Waals surface area contributed by atoms with E-state index in [9.17, 15) is 9.18 Å². The third kappa shape index (κ3) is 1.84. The van der Waals surface area contributed by atoms with E-state index in [-0.39, 0.29) is 5.22 Å². The zero-order valence-corrected chi connectivity index (χ0v) is 8.25. The highest BCUT2D eigenvalue weighted by molar-refractivity contribution is 5.35. The van der Waals surface area contributed by atoms with Crippen molar-refractivity contribution in [1.29, 1.82) is 0 Å². The maximum Gasteiger partial charge on any atom is 0.279 e. The van der Waals surface area contributed by atoms with E-state index in [0.29, 0.717) is 5.22 Å². The van der Waals surface area contributed by atoms with E-state index in [1.807, 2.05) is 6.92 Å². The van der Waals surface area contributed by atoms with Gasteiger partial charge in [-0.2, -0.15) is 0 Å². The molecule has 0 aliphatic carbocycles. The van der Waals surface area contributed by atoms with Crippen LogP contribution in [0.5, 0.6) is 0 Å². The second kappa shape index (κ2) is 4.09. The lowest BCUT2D eigenvalue weighted by molar-refractivity contribution is 0.734. The largest absolute Gasteiger partial charge is 0.336 e. The predicted molar refractivity (Wildman–Crippen MR) is 55.0 cm³/mol. The molecular formula is C10H13FN2O. The lowest BCUT2D eigenvalue weighted by atomic mass is 10.2. The Kier molecular flexibility index (Phi) is 3.06. The first-order valence-corrected chi connectivity index (χ1v) is 4.41. The Morgan fingerprint density at radius 3 is 2.86 bits per heavy atom. The first-order valence-electron chi connectivity index (χ1n) is 4.41. The molecule has 0 aliphatic rings. The van der Waals surface area contributed by atoms with Crippen molar-refractivity contribution in [2.75, 3.05) is 5.84 Å². The molecule has 0 amide bonds. The molecule has 1 aromatic heterocycles. The smallest absolute Gasteiger partial charge is 0.279 e. The van der Waals surface area contributed by atoms with E-state index < -0.39 is 11.4 Å². The summed E-state index contributed by atoms with van der Waals surface area (Å²) in [6.07, 6.45) is 3.96. The van der Waals surface area contributed by atoms with E-state index in [1.165, 1.54) is 13.1 Å². The maximum absolute atomic E-state index is 13.1. The van der Waals surface area contributed by atoms with Crippen molar-refractivity contribution in [3.63, 3.8) is 0 Å². The molecule has 0 fully saturated rings. The highest BCUT2D eigenvalue weighted by Crippen LogP contribution is 1.85. The molecule has 0 unspecified atom stereocenters.